The van der Waals surface area contributed by atoms with Crippen molar-refractivity contribution in [3.05, 3.63) is 69.3 Å². The Morgan fingerprint density at radius 1 is 0.720 bits per heavy atom. The van der Waals surface area contributed by atoms with E-state index in [2.05, 4.69) is 36.8 Å². The van der Waals surface area contributed by atoms with Gasteiger partial charge in [-0.3, -0.25) is 14.6 Å². The highest BCUT2D eigenvalue weighted by atomic mass is 16.5. The van der Waals surface area contributed by atoms with Crippen LogP contribution in [0.2, 0.25) is 0 Å². The third kappa shape index (κ3) is 6.88. The van der Waals surface area contributed by atoms with Crippen molar-refractivity contribution < 1.29 is 29.3 Å². The van der Waals surface area contributed by atoms with Gasteiger partial charge in [-0.1, -0.05) is 46.0 Å². The van der Waals surface area contributed by atoms with Gasteiger partial charge in [0.15, 0.2) is 0 Å². The first kappa shape index (κ1) is 37.0. The van der Waals surface area contributed by atoms with Gasteiger partial charge in [-0.25, -0.2) is 4.98 Å². The van der Waals surface area contributed by atoms with E-state index < -0.39 is 11.2 Å². The number of carbonyl (C=O) groups excluding carboxylic acids is 2. The quantitative estimate of drug-likeness (QED) is 0.113. The number of fused-ring (bicyclic) bond motifs is 8. The molecule has 268 valence electrons. The van der Waals surface area contributed by atoms with E-state index >= 15 is 0 Å². The van der Waals surface area contributed by atoms with Gasteiger partial charge >= 0.3 is 11.9 Å². The number of carbonyl (C=O) groups is 2. The lowest BCUT2D eigenvalue weighted by Crippen LogP contribution is -2.43. The van der Waals surface area contributed by atoms with Crippen LogP contribution in [0.1, 0.15) is 124 Å². The molecule has 2 aliphatic heterocycles. The zero-order valence-corrected chi connectivity index (χ0v) is 30.8. The highest BCUT2D eigenvalue weighted by Crippen LogP contribution is 2.47. The van der Waals surface area contributed by atoms with E-state index in [4.69, 9.17) is 19.4 Å². The first-order valence-electron chi connectivity index (χ1n) is 17.8. The van der Waals surface area contributed by atoms with Crippen molar-refractivity contribution >= 4 is 45.2 Å². The number of hydrogen-bond acceptors (Lipinski definition) is 8. The van der Waals surface area contributed by atoms with E-state index in [-0.39, 0.29) is 42.6 Å². The first-order chi connectivity index (χ1) is 23.8. The van der Waals surface area contributed by atoms with E-state index in [0.29, 0.717) is 23.3 Å². The standard InChI is InChI=1S/C40H52N4O6/c1-9-11-13-15-26-23(3)29-20-33-27(17-37(45)49-7)25(5)31(43-33)21-36-40(48,16-14-12-10-2)39(6,47)35(44-36)22-34-28(18-38(46)50-8)24(4)30(42-34)19-32(26)41-29/h19-22,41-42,47-48H,9-18H2,1-8H3. The van der Waals surface area contributed by atoms with Crippen molar-refractivity contribution in [3.8, 4) is 0 Å². The maximum absolute atomic E-state index is 12.7. The first-order valence-corrected chi connectivity index (χ1v) is 17.8. The molecule has 0 aromatic carbocycles. The zero-order chi connectivity index (χ0) is 36.4. The smallest absolute Gasteiger partial charge is 0.310 e. The van der Waals surface area contributed by atoms with Crippen LogP contribution in [-0.2, 0) is 43.1 Å². The predicted molar refractivity (Wildman–Crippen MR) is 196 cm³/mol. The number of unbranched alkanes of at least 4 members (excludes halogenated alkanes) is 4. The number of methoxy groups -OCH3 is 2. The summed E-state index contributed by atoms with van der Waals surface area (Å²) in [5.41, 5.74) is 6.83. The zero-order valence-electron chi connectivity index (χ0n) is 30.8. The molecule has 0 spiro atoms. The van der Waals surface area contributed by atoms with Crippen LogP contribution in [-0.4, -0.2) is 56.3 Å². The lowest BCUT2D eigenvalue weighted by atomic mass is 9.78. The SMILES string of the molecule is CCCCCc1c(C)c2cc3nc(cc4nc(cc5[nH]c(cc1[nH]2)c(C)c5CC(=O)OC)C(C)(O)C4(O)CCCCC)C(C)=C3CC(=O)OC. The van der Waals surface area contributed by atoms with Gasteiger partial charge < -0.3 is 29.7 Å². The van der Waals surface area contributed by atoms with Gasteiger partial charge in [0.05, 0.1) is 49.8 Å². The third-order valence-electron chi connectivity index (χ3n) is 10.7. The molecular weight excluding hydrogens is 632 g/mol. The number of ether oxygens (including phenoxy) is 2. The molecule has 5 heterocycles. The van der Waals surface area contributed by atoms with Crippen LogP contribution >= 0.6 is 0 Å². The molecule has 8 bridgehead atoms. The predicted octanol–water partition coefficient (Wildman–Crippen LogP) is 7.55. The van der Waals surface area contributed by atoms with Crippen LogP contribution in [0.25, 0.3) is 33.2 Å². The summed E-state index contributed by atoms with van der Waals surface area (Å²) in [6.45, 7) is 11.8. The van der Waals surface area contributed by atoms with E-state index in [9.17, 15) is 19.8 Å². The van der Waals surface area contributed by atoms with Gasteiger partial charge in [0.2, 0.25) is 0 Å². The maximum Gasteiger partial charge on any atom is 0.310 e. The summed E-state index contributed by atoms with van der Waals surface area (Å²) in [4.78, 5) is 42.4. The number of rotatable bonds is 12. The molecule has 0 aliphatic carbocycles. The van der Waals surface area contributed by atoms with E-state index in [1.807, 2.05) is 19.9 Å². The Morgan fingerprint density at radius 2 is 1.32 bits per heavy atom. The lowest BCUT2D eigenvalue weighted by Gasteiger charge is -2.35. The Labute approximate surface area is 294 Å². The summed E-state index contributed by atoms with van der Waals surface area (Å²) in [6, 6.07) is 7.51. The normalized spacial score (nSPS) is 18.8. The molecule has 2 atom stereocenters. The summed E-state index contributed by atoms with van der Waals surface area (Å²) in [5, 5.41) is 24.6. The molecule has 50 heavy (non-hydrogen) atoms. The number of aryl methyl sites for hydroxylation is 3. The lowest BCUT2D eigenvalue weighted by molar-refractivity contribution is -0.152. The highest BCUT2D eigenvalue weighted by Gasteiger charge is 2.54. The van der Waals surface area contributed by atoms with E-state index in [0.717, 1.165) is 82.9 Å². The Kier molecular flexibility index (Phi) is 11.0. The molecule has 0 saturated carbocycles. The van der Waals surface area contributed by atoms with Crippen molar-refractivity contribution in [1.29, 1.82) is 0 Å². The van der Waals surface area contributed by atoms with Crippen LogP contribution in [0, 0.1) is 13.8 Å². The fourth-order valence-electron chi connectivity index (χ4n) is 7.20. The minimum atomic E-state index is -1.77. The molecule has 3 aromatic rings. The third-order valence-corrected chi connectivity index (χ3v) is 10.7. The molecule has 5 rings (SSSR count). The van der Waals surface area contributed by atoms with Gasteiger partial charge in [0.25, 0.3) is 0 Å². The van der Waals surface area contributed by atoms with Crippen molar-refractivity contribution in [2.75, 3.05) is 14.2 Å². The minimum Gasteiger partial charge on any atom is -0.469 e. The summed E-state index contributed by atoms with van der Waals surface area (Å²) in [6.07, 6.45) is 6.91. The average Bonchev–Trinajstić information content (AvgIpc) is 3.70. The number of aromatic nitrogens is 4. The van der Waals surface area contributed by atoms with Crippen LogP contribution in [0.15, 0.2) is 24.3 Å². The number of aliphatic hydroxyl groups is 2. The monoisotopic (exact) mass is 684 g/mol. The Morgan fingerprint density at radius 3 is 1.98 bits per heavy atom. The van der Waals surface area contributed by atoms with Gasteiger partial charge in [-0.2, -0.15) is 0 Å². The number of nitrogens with zero attached hydrogens (tertiary/aromatic N) is 2. The molecule has 0 amide bonds. The van der Waals surface area contributed by atoms with Crippen molar-refractivity contribution in [2.45, 2.75) is 117 Å². The fourth-order valence-corrected chi connectivity index (χ4v) is 7.20. The Hall–Kier alpha value is -4.28. The molecule has 0 fully saturated rings. The average molecular weight is 685 g/mol. The molecule has 0 radical (unpaired) electrons. The number of allylic oxidation sites excluding steroid dienone is 1. The number of esters is 2. The Balaban J connectivity index is 1.94. The molecule has 3 aromatic heterocycles. The van der Waals surface area contributed by atoms with E-state index in [1.54, 1.807) is 19.1 Å². The van der Waals surface area contributed by atoms with Crippen LogP contribution in [0.4, 0.5) is 0 Å². The van der Waals surface area contributed by atoms with Gasteiger partial charge in [-0.05, 0) is 105 Å². The van der Waals surface area contributed by atoms with Gasteiger partial charge in [0.1, 0.15) is 11.2 Å². The summed E-state index contributed by atoms with van der Waals surface area (Å²) in [5.74, 6) is -0.770. The second-order valence-electron chi connectivity index (χ2n) is 13.9. The molecule has 0 saturated heterocycles. The number of H-pyrrole nitrogens is 2. The molecule has 2 unspecified atom stereocenters. The van der Waals surface area contributed by atoms with Crippen molar-refractivity contribution in [3.63, 3.8) is 0 Å². The van der Waals surface area contributed by atoms with E-state index in [1.165, 1.54) is 19.8 Å². The van der Waals surface area contributed by atoms with Gasteiger partial charge in [0, 0.05) is 22.1 Å². The number of hydrogen-bond donors (Lipinski definition) is 4. The molecule has 2 aliphatic rings. The minimum absolute atomic E-state index is 0.0195. The van der Waals surface area contributed by atoms with Crippen LogP contribution in [0.3, 0.4) is 0 Å². The molecule has 10 nitrogen and oxygen atoms in total. The molecular formula is C40H52N4O6. The summed E-state index contributed by atoms with van der Waals surface area (Å²) >= 11 is 0. The Bertz CT molecular complexity index is 1980. The van der Waals surface area contributed by atoms with Gasteiger partial charge in [-0.15, -0.1) is 0 Å². The maximum atomic E-state index is 12.7. The number of nitrogens with one attached hydrogen (secondary N) is 2. The summed E-state index contributed by atoms with van der Waals surface area (Å²) in [7, 11) is 2.74. The number of aromatic amines is 2. The molecule has 10 heteroatoms. The van der Waals surface area contributed by atoms with Crippen LogP contribution < -0.4 is 0 Å². The molecule has 4 N–H and O–H groups in total. The fraction of sp³-hybridized carbons (Fsp3) is 0.500. The summed E-state index contributed by atoms with van der Waals surface area (Å²) < 4.78 is 10.1. The second kappa shape index (κ2) is 14.9. The largest absolute Gasteiger partial charge is 0.469 e. The van der Waals surface area contributed by atoms with Crippen molar-refractivity contribution in [1.82, 2.24) is 19.9 Å². The second-order valence-corrected chi connectivity index (χ2v) is 13.9. The highest BCUT2D eigenvalue weighted by molar-refractivity contribution is 5.99. The van der Waals surface area contributed by atoms with Crippen molar-refractivity contribution in [2.24, 2.45) is 0 Å². The topological polar surface area (TPSA) is 150 Å². The van der Waals surface area contributed by atoms with Crippen LogP contribution in [0.5, 0.6) is 0 Å².